The number of halogens is 1. The van der Waals surface area contributed by atoms with E-state index in [4.69, 9.17) is 10.5 Å². The van der Waals surface area contributed by atoms with E-state index in [1.54, 1.807) is 0 Å². The molecule has 18 heavy (non-hydrogen) atoms. The van der Waals surface area contributed by atoms with Gasteiger partial charge in [0.1, 0.15) is 0 Å². The van der Waals surface area contributed by atoms with E-state index < -0.39 is 11.7 Å². The number of ether oxygens (including phenoxy) is 1. The highest BCUT2D eigenvalue weighted by Crippen LogP contribution is 2.14. The molecule has 5 heteroatoms. The fourth-order valence-electron chi connectivity index (χ4n) is 1.54. The number of nitrogens with two attached hydrogens (primary N) is 1. The van der Waals surface area contributed by atoms with E-state index in [1.165, 1.54) is 0 Å². The Hall–Kier alpha value is -0.910. The number of carbonyl (C=O) groups is 1. The number of hydrogen-bond donors (Lipinski definition) is 2. The third-order valence-electron chi connectivity index (χ3n) is 2.56. The minimum absolute atomic E-state index is 0.164. The van der Waals surface area contributed by atoms with Gasteiger partial charge in [-0.05, 0) is 18.4 Å². The molecule has 0 aliphatic carbocycles. The van der Waals surface area contributed by atoms with Gasteiger partial charge in [0.15, 0.2) is 0 Å². The second kappa shape index (κ2) is 7.51. The lowest BCUT2D eigenvalue weighted by Gasteiger charge is -2.25. The van der Waals surface area contributed by atoms with Crippen LogP contribution in [0.2, 0.25) is 0 Å². The molecule has 1 unspecified atom stereocenters. The number of unbranched alkanes of at least 4 members (excludes halogenated alkanes) is 1. The van der Waals surface area contributed by atoms with Crippen molar-refractivity contribution in [3.05, 3.63) is 35.9 Å². The fraction of sp³-hybridized carbons (Fsp3) is 0.462. The smallest absolute Gasteiger partial charge is 0.351 e. The molecule has 1 aromatic carbocycles. The lowest BCUT2D eigenvalue weighted by atomic mass is 10.0. The van der Waals surface area contributed by atoms with Crippen LogP contribution in [-0.2, 0) is 16.0 Å². The summed E-state index contributed by atoms with van der Waals surface area (Å²) >= 11 is 3.31. The zero-order valence-corrected chi connectivity index (χ0v) is 11.7. The largest absolute Gasteiger partial charge is 0.478 e. The summed E-state index contributed by atoms with van der Waals surface area (Å²) in [4.78, 5) is 11.2. The third-order valence-corrected chi connectivity index (χ3v) is 3.12. The minimum Gasteiger partial charge on any atom is -0.478 e. The fourth-order valence-corrected chi connectivity index (χ4v) is 1.93. The predicted molar refractivity (Wildman–Crippen MR) is 73.7 cm³/mol. The standard InChI is InChI=1S/C13H18BrNO3/c14-8-4-5-9-18-13(15,12(16)17)10-11-6-2-1-3-7-11/h1-3,6-7H,4-5,8-10,15H2,(H,16,17). The van der Waals surface area contributed by atoms with Crippen LogP contribution < -0.4 is 5.73 Å². The normalized spacial score (nSPS) is 14.1. The Morgan fingerprint density at radius 3 is 2.56 bits per heavy atom. The Balaban J connectivity index is 2.60. The van der Waals surface area contributed by atoms with Crippen molar-refractivity contribution in [2.24, 2.45) is 5.73 Å². The van der Waals surface area contributed by atoms with Crippen LogP contribution in [0.5, 0.6) is 0 Å². The first-order chi connectivity index (χ1) is 8.58. The molecule has 0 fully saturated rings. The third kappa shape index (κ3) is 4.76. The Labute approximate surface area is 115 Å². The van der Waals surface area contributed by atoms with E-state index in [2.05, 4.69) is 15.9 Å². The highest BCUT2D eigenvalue weighted by molar-refractivity contribution is 9.09. The zero-order chi connectivity index (χ0) is 13.4. The van der Waals surface area contributed by atoms with Crippen LogP contribution in [0.25, 0.3) is 0 Å². The van der Waals surface area contributed by atoms with Crippen molar-refractivity contribution >= 4 is 21.9 Å². The van der Waals surface area contributed by atoms with Gasteiger partial charge in [-0.15, -0.1) is 0 Å². The molecule has 0 aliphatic heterocycles. The van der Waals surface area contributed by atoms with Crippen molar-refractivity contribution in [1.82, 2.24) is 0 Å². The maximum absolute atomic E-state index is 11.2. The first-order valence-corrected chi connectivity index (χ1v) is 6.97. The van der Waals surface area contributed by atoms with Gasteiger partial charge in [0.25, 0.3) is 0 Å². The van der Waals surface area contributed by atoms with E-state index in [0.29, 0.717) is 6.61 Å². The van der Waals surface area contributed by atoms with Crippen LogP contribution in [0.15, 0.2) is 30.3 Å². The Morgan fingerprint density at radius 1 is 1.33 bits per heavy atom. The molecule has 0 aromatic heterocycles. The van der Waals surface area contributed by atoms with Crippen LogP contribution in [0.3, 0.4) is 0 Å². The van der Waals surface area contributed by atoms with Crippen molar-refractivity contribution in [2.75, 3.05) is 11.9 Å². The summed E-state index contributed by atoms with van der Waals surface area (Å²) in [5.41, 5.74) is 5.03. The Kier molecular flexibility index (Phi) is 6.32. The van der Waals surface area contributed by atoms with Gasteiger partial charge in [-0.1, -0.05) is 46.3 Å². The molecule has 1 rings (SSSR count). The SMILES string of the molecule is NC(Cc1ccccc1)(OCCCCBr)C(=O)O. The van der Waals surface area contributed by atoms with Crippen molar-refractivity contribution < 1.29 is 14.6 Å². The second-order valence-electron chi connectivity index (χ2n) is 4.10. The molecule has 0 amide bonds. The number of alkyl halides is 1. The average molecular weight is 316 g/mol. The van der Waals surface area contributed by atoms with Gasteiger partial charge in [-0.3, -0.25) is 5.73 Å². The van der Waals surface area contributed by atoms with E-state index in [0.717, 1.165) is 23.7 Å². The Bertz CT molecular complexity index is 372. The van der Waals surface area contributed by atoms with Gasteiger partial charge in [0.2, 0.25) is 5.72 Å². The lowest BCUT2D eigenvalue weighted by molar-refractivity contribution is -0.165. The van der Waals surface area contributed by atoms with Crippen LogP contribution in [-0.4, -0.2) is 28.7 Å². The number of benzene rings is 1. The number of carboxylic acid groups (broad SMARTS) is 1. The van der Waals surface area contributed by atoms with Crippen LogP contribution in [0.4, 0.5) is 0 Å². The predicted octanol–water partition coefficient (Wildman–Crippen LogP) is 2.16. The van der Waals surface area contributed by atoms with Crippen LogP contribution in [0, 0.1) is 0 Å². The van der Waals surface area contributed by atoms with Crippen molar-refractivity contribution in [1.29, 1.82) is 0 Å². The minimum atomic E-state index is -1.65. The van der Waals surface area contributed by atoms with Gasteiger partial charge in [-0.2, -0.15) is 0 Å². The molecule has 0 heterocycles. The second-order valence-corrected chi connectivity index (χ2v) is 4.89. The summed E-state index contributed by atoms with van der Waals surface area (Å²) in [6.45, 7) is 0.348. The molecule has 1 aromatic rings. The molecule has 0 bridgehead atoms. The van der Waals surface area contributed by atoms with Crippen molar-refractivity contribution in [3.63, 3.8) is 0 Å². The molecule has 4 nitrogen and oxygen atoms in total. The van der Waals surface area contributed by atoms with Gasteiger partial charge < -0.3 is 9.84 Å². The van der Waals surface area contributed by atoms with Crippen LogP contribution in [0.1, 0.15) is 18.4 Å². The summed E-state index contributed by atoms with van der Waals surface area (Å²) in [6.07, 6.45) is 1.88. The highest BCUT2D eigenvalue weighted by Gasteiger charge is 2.35. The molecule has 1 atom stereocenters. The molecular formula is C13H18BrNO3. The van der Waals surface area contributed by atoms with Gasteiger partial charge in [0, 0.05) is 18.4 Å². The molecular weight excluding hydrogens is 298 g/mol. The topological polar surface area (TPSA) is 72.5 Å². The summed E-state index contributed by atoms with van der Waals surface area (Å²) in [6, 6.07) is 9.25. The molecule has 0 radical (unpaired) electrons. The maximum atomic E-state index is 11.2. The van der Waals surface area contributed by atoms with E-state index in [-0.39, 0.29) is 6.42 Å². The van der Waals surface area contributed by atoms with Gasteiger partial charge >= 0.3 is 5.97 Å². The highest BCUT2D eigenvalue weighted by atomic mass is 79.9. The summed E-state index contributed by atoms with van der Waals surface area (Å²) < 4.78 is 5.35. The van der Waals surface area contributed by atoms with Crippen molar-refractivity contribution in [3.8, 4) is 0 Å². The molecule has 0 saturated carbocycles. The van der Waals surface area contributed by atoms with E-state index >= 15 is 0 Å². The zero-order valence-electron chi connectivity index (χ0n) is 10.1. The Morgan fingerprint density at radius 2 is 2.00 bits per heavy atom. The summed E-state index contributed by atoms with van der Waals surface area (Å²) in [7, 11) is 0. The van der Waals surface area contributed by atoms with Gasteiger partial charge in [-0.25, -0.2) is 4.79 Å². The van der Waals surface area contributed by atoms with E-state index in [9.17, 15) is 9.90 Å². The molecule has 0 spiro atoms. The number of rotatable bonds is 8. The average Bonchev–Trinajstić information content (AvgIpc) is 2.36. The van der Waals surface area contributed by atoms with E-state index in [1.807, 2.05) is 30.3 Å². The van der Waals surface area contributed by atoms with Gasteiger partial charge in [0.05, 0.1) is 0 Å². The molecule has 3 N–H and O–H groups in total. The number of aliphatic carboxylic acids is 1. The summed E-state index contributed by atoms with van der Waals surface area (Å²) in [5.74, 6) is -1.13. The summed E-state index contributed by atoms with van der Waals surface area (Å²) in [5, 5.41) is 10.1. The maximum Gasteiger partial charge on any atom is 0.351 e. The quantitative estimate of drug-likeness (QED) is 0.438. The lowest BCUT2D eigenvalue weighted by Crippen LogP contribution is -2.52. The number of hydrogen-bond acceptors (Lipinski definition) is 3. The van der Waals surface area contributed by atoms with Crippen molar-refractivity contribution in [2.45, 2.75) is 25.0 Å². The number of carboxylic acids is 1. The molecule has 0 aliphatic rings. The monoisotopic (exact) mass is 315 g/mol. The first kappa shape index (κ1) is 15.1. The molecule has 100 valence electrons. The van der Waals surface area contributed by atoms with Crippen LogP contribution >= 0.6 is 15.9 Å². The first-order valence-electron chi connectivity index (χ1n) is 5.84. The molecule has 0 saturated heterocycles.